The standard InChI is InChI=1S/C12H15N3OS/c1-8-4-5-17-10(8)9-6-15(11(16)14-9)12(2,3)7-13/h4-5,9H,6H2,1-3H3,(H,14,16). The number of hydrogen-bond donors (Lipinski definition) is 1. The number of rotatable bonds is 2. The normalized spacial score (nSPS) is 20.2. The molecule has 1 atom stereocenters. The Morgan fingerprint density at radius 1 is 1.65 bits per heavy atom. The number of aryl methyl sites for hydroxylation is 1. The summed E-state index contributed by atoms with van der Waals surface area (Å²) in [5, 5.41) is 14.0. The lowest BCUT2D eigenvalue weighted by atomic mass is 10.1. The molecule has 4 nitrogen and oxygen atoms in total. The predicted octanol–water partition coefficient (Wildman–Crippen LogP) is 2.42. The molecule has 0 aromatic carbocycles. The van der Waals surface area contributed by atoms with Crippen LogP contribution in [-0.4, -0.2) is 23.0 Å². The maximum atomic E-state index is 11.9. The van der Waals surface area contributed by atoms with E-state index in [0.29, 0.717) is 6.54 Å². The van der Waals surface area contributed by atoms with Crippen molar-refractivity contribution in [3.8, 4) is 6.07 Å². The molecule has 90 valence electrons. The first-order valence-electron chi connectivity index (χ1n) is 5.49. The Morgan fingerprint density at radius 3 is 2.88 bits per heavy atom. The van der Waals surface area contributed by atoms with Crippen LogP contribution >= 0.6 is 11.3 Å². The van der Waals surface area contributed by atoms with Gasteiger partial charge < -0.3 is 10.2 Å². The van der Waals surface area contributed by atoms with Crippen LogP contribution in [-0.2, 0) is 0 Å². The van der Waals surface area contributed by atoms with Gasteiger partial charge in [-0.2, -0.15) is 5.26 Å². The molecular weight excluding hydrogens is 234 g/mol. The third-order valence-electron chi connectivity index (χ3n) is 3.07. The number of carbonyl (C=O) groups is 1. The highest BCUT2D eigenvalue weighted by molar-refractivity contribution is 7.10. The van der Waals surface area contributed by atoms with Crippen molar-refractivity contribution < 1.29 is 4.79 Å². The molecule has 0 aliphatic carbocycles. The Kier molecular flexibility index (Phi) is 2.84. The fourth-order valence-electron chi connectivity index (χ4n) is 1.97. The van der Waals surface area contributed by atoms with Crippen molar-refractivity contribution in [2.75, 3.05) is 6.54 Å². The minimum Gasteiger partial charge on any atom is -0.329 e. The molecule has 2 amide bonds. The van der Waals surface area contributed by atoms with Gasteiger partial charge in [-0.25, -0.2) is 4.79 Å². The fourth-order valence-corrected chi connectivity index (χ4v) is 2.94. The summed E-state index contributed by atoms with van der Waals surface area (Å²) in [5.74, 6) is 0. The van der Waals surface area contributed by atoms with Gasteiger partial charge >= 0.3 is 6.03 Å². The Hall–Kier alpha value is -1.54. The summed E-state index contributed by atoms with van der Waals surface area (Å²) in [6.45, 7) is 6.11. The van der Waals surface area contributed by atoms with Crippen LogP contribution in [0.1, 0.15) is 30.3 Å². The number of carbonyl (C=O) groups excluding carboxylic acids is 1. The van der Waals surface area contributed by atoms with Gasteiger partial charge in [-0.15, -0.1) is 11.3 Å². The largest absolute Gasteiger partial charge is 0.329 e. The smallest absolute Gasteiger partial charge is 0.319 e. The summed E-state index contributed by atoms with van der Waals surface area (Å²) in [5.41, 5.74) is 0.432. The maximum absolute atomic E-state index is 11.9. The molecule has 0 saturated carbocycles. The first-order valence-corrected chi connectivity index (χ1v) is 6.37. The van der Waals surface area contributed by atoms with E-state index < -0.39 is 5.54 Å². The van der Waals surface area contributed by atoms with Crippen LogP contribution in [0.2, 0.25) is 0 Å². The summed E-state index contributed by atoms with van der Waals surface area (Å²) < 4.78 is 0. The minimum atomic E-state index is -0.760. The van der Waals surface area contributed by atoms with E-state index in [4.69, 9.17) is 5.26 Å². The van der Waals surface area contributed by atoms with Gasteiger partial charge in [0.1, 0.15) is 5.54 Å². The Bertz CT molecular complexity index is 486. The van der Waals surface area contributed by atoms with Crippen molar-refractivity contribution in [3.63, 3.8) is 0 Å². The molecule has 2 heterocycles. The Balaban J connectivity index is 2.22. The number of thiophene rings is 1. The van der Waals surface area contributed by atoms with E-state index in [1.54, 1.807) is 30.1 Å². The van der Waals surface area contributed by atoms with Gasteiger partial charge in [-0.3, -0.25) is 0 Å². The van der Waals surface area contributed by atoms with Crippen molar-refractivity contribution >= 4 is 17.4 Å². The molecule has 0 spiro atoms. The summed E-state index contributed by atoms with van der Waals surface area (Å²) in [6.07, 6.45) is 0. The highest BCUT2D eigenvalue weighted by Gasteiger charge is 2.39. The minimum absolute atomic E-state index is 0.00937. The maximum Gasteiger partial charge on any atom is 0.319 e. The van der Waals surface area contributed by atoms with Crippen LogP contribution in [0.4, 0.5) is 4.79 Å². The zero-order chi connectivity index (χ0) is 12.6. The van der Waals surface area contributed by atoms with Gasteiger partial charge in [-0.1, -0.05) is 0 Å². The SMILES string of the molecule is Cc1ccsc1C1CN(C(C)(C)C#N)C(=O)N1. The van der Waals surface area contributed by atoms with Crippen LogP contribution in [0.3, 0.4) is 0 Å². The van der Waals surface area contributed by atoms with Crippen LogP contribution in [0.25, 0.3) is 0 Å². The van der Waals surface area contributed by atoms with Crippen molar-refractivity contribution in [2.45, 2.75) is 32.4 Å². The third kappa shape index (κ3) is 2.01. The number of hydrogen-bond acceptors (Lipinski definition) is 3. The molecular formula is C12H15N3OS. The van der Waals surface area contributed by atoms with Crippen LogP contribution in [0.15, 0.2) is 11.4 Å². The van der Waals surface area contributed by atoms with E-state index in [-0.39, 0.29) is 12.1 Å². The van der Waals surface area contributed by atoms with Gasteiger partial charge in [0, 0.05) is 11.4 Å². The molecule has 1 unspecified atom stereocenters. The number of amides is 2. The van der Waals surface area contributed by atoms with Gasteiger partial charge in [0.15, 0.2) is 0 Å². The molecule has 17 heavy (non-hydrogen) atoms. The zero-order valence-electron chi connectivity index (χ0n) is 10.2. The number of urea groups is 1. The van der Waals surface area contributed by atoms with E-state index in [1.807, 2.05) is 18.4 Å². The fraction of sp³-hybridized carbons (Fsp3) is 0.500. The van der Waals surface area contributed by atoms with Gasteiger partial charge in [-0.05, 0) is 37.8 Å². The van der Waals surface area contributed by atoms with Crippen molar-refractivity contribution in [1.29, 1.82) is 5.26 Å². The summed E-state index contributed by atoms with van der Waals surface area (Å²) in [4.78, 5) is 14.6. The summed E-state index contributed by atoms with van der Waals surface area (Å²) >= 11 is 1.64. The average molecular weight is 249 g/mol. The Morgan fingerprint density at radius 2 is 2.35 bits per heavy atom. The second-order valence-electron chi connectivity index (χ2n) is 4.75. The summed E-state index contributed by atoms with van der Waals surface area (Å²) in [7, 11) is 0. The van der Waals surface area contributed by atoms with E-state index in [9.17, 15) is 4.79 Å². The molecule has 1 fully saturated rings. The van der Waals surface area contributed by atoms with E-state index >= 15 is 0 Å². The molecule has 1 aliphatic heterocycles. The van der Waals surface area contributed by atoms with Crippen molar-refractivity contribution in [1.82, 2.24) is 10.2 Å². The average Bonchev–Trinajstić information content (AvgIpc) is 2.84. The predicted molar refractivity (Wildman–Crippen MR) is 66.7 cm³/mol. The molecule has 1 aliphatic rings. The van der Waals surface area contributed by atoms with Crippen LogP contribution in [0.5, 0.6) is 0 Å². The lowest BCUT2D eigenvalue weighted by molar-refractivity contribution is 0.186. The molecule has 1 aromatic heterocycles. The highest BCUT2D eigenvalue weighted by Crippen LogP contribution is 2.30. The van der Waals surface area contributed by atoms with Gasteiger partial charge in [0.2, 0.25) is 0 Å². The molecule has 1 saturated heterocycles. The first-order chi connectivity index (χ1) is 7.95. The molecule has 1 aromatic rings. The topological polar surface area (TPSA) is 56.1 Å². The zero-order valence-corrected chi connectivity index (χ0v) is 11.0. The number of nitrogens with zero attached hydrogens (tertiary/aromatic N) is 2. The Labute approximate surface area is 105 Å². The molecule has 0 radical (unpaired) electrons. The first kappa shape index (κ1) is 11.9. The third-order valence-corrected chi connectivity index (χ3v) is 4.21. The lowest BCUT2D eigenvalue weighted by Gasteiger charge is -2.27. The number of nitriles is 1. The second kappa shape index (κ2) is 4.04. The molecule has 5 heteroatoms. The van der Waals surface area contributed by atoms with E-state index in [1.165, 1.54) is 10.4 Å². The molecule has 1 N–H and O–H groups in total. The lowest BCUT2D eigenvalue weighted by Crippen LogP contribution is -2.44. The van der Waals surface area contributed by atoms with Crippen LogP contribution in [0, 0.1) is 18.3 Å². The summed E-state index contributed by atoms with van der Waals surface area (Å²) in [6, 6.07) is 4.06. The molecule has 0 bridgehead atoms. The highest BCUT2D eigenvalue weighted by atomic mass is 32.1. The monoisotopic (exact) mass is 249 g/mol. The van der Waals surface area contributed by atoms with Crippen molar-refractivity contribution in [2.24, 2.45) is 0 Å². The molecule has 2 rings (SSSR count). The van der Waals surface area contributed by atoms with E-state index in [2.05, 4.69) is 11.4 Å². The van der Waals surface area contributed by atoms with Gasteiger partial charge in [0.05, 0.1) is 12.1 Å². The van der Waals surface area contributed by atoms with Gasteiger partial charge in [0.25, 0.3) is 0 Å². The number of nitrogens with one attached hydrogen (secondary N) is 1. The quantitative estimate of drug-likeness (QED) is 0.875. The van der Waals surface area contributed by atoms with E-state index in [0.717, 1.165) is 0 Å². The second-order valence-corrected chi connectivity index (χ2v) is 5.70. The van der Waals surface area contributed by atoms with Crippen LogP contribution < -0.4 is 5.32 Å². The van der Waals surface area contributed by atoms with Crippen molar-refractivity contribution in [3.05, 3.63) is 21.9 Å².